The molecule has 22 heavy (non-hydrogen) atoms. The quantitative estimate of drug-likeness (QED) is 0.711. The number of hydrogen-bond donors (Lipinski definition) is 2. The molecule has 2 heterocycles. The highest BCUT2D eigenvalue weighted by atomic mass is 16.5. The lowest BCUT2D eigenvalue weighted by atomic mass is 9.92. The number of ether oxygens (including phenoxy) is 1. The summed E-state index contributed by atoms with van der Waals surface area (Å²) in [6.45, 7) is 9.95. The van der Waals surface area contributed by atoms with E-state index in [1.165, 1.54) is 19.3 Å². The molecule has 128 valence electrons. The van der Waals surface area contributed by atoms with Crippen LogP contribution in [0.2, 0.25) is 0 Å². The molecule has 2 aliphatic heterocycles. The lowest BCUT2D eigenvalue weighted by Crippen LogP contribution is -2.52. The van der Waals surface area contributed by atoms with Gasteiger partial charge in [0.15, 0.2) is 0 Å². The van der Waals surface area contributed by atoms with Gasteiger partial charge in [-0.15, -0.1) is 0 Å². The second kappa shape index (κ2) is 9.48. The van der Waals surface area contributed by atoms with Crippen molar-refractivity contribution < 1.29 is 9.53 Å². The van der Waals surface area contributed by atoms with Crippen molar-refractivity contribution in [3.63, 3.8) is 0 Å². The maximum Gasteiger partial charge on any atom is 0.221 e. The molecule has 2 fully saturated rings. The molecule has 2 aliphatic rings. The van der Waals surface area contributed by atoms with Gasteiger partial charge >= 0.3 is 0 Å². The highest BCUT2D eigenvalue weighted by Crippen LogP contribution is 2.19. The number of carbonyl (C=O) groups is 1. The Kier molecular flexibility index (Phi) is 7.63. The standard InChI is InChI=1S/C17H33N3O2/c1-3-14(4-2)16(20-8-10-22-11-9-20)13-19-17(21)12-15-6-5-7-18-15/h14-16,18H,3-13H2,1-2H3,(H,19,21). The number of carbonyl (C=O) groups excluding carboxylic acids is 1. The fraction of sp³-hybridized carbons (Fsp3) is 0.941. The van der Waals surface area contributed by atoms with Gasteiger partial charge in [0, 0.05) is 38.1 Å². The van der Waals surface area contributed by atoms with Crippen molar-refractivity contribution in [2.24, 2.45) is 5.92 Å². The van der Waals surface area contributed by atoms with Gasteiger partial charge in [-0.2, -0.15) is 0 Å². The lowest BCUT2D eigenvalue weighted by Gasteiger charge is -2.38. The lowest BCUT2D eigenvalue weighted by molar-refractivity contribution is -0.122. The number of rotatable bonds is 8. The van der Waals surface area contributed by atoms with E-state index in [1.54, 1.807) is 0 Å². The van der Waals surface area contributed by atoms with Crippen LogP contribution in [-0.2, 0) is 9.53 Å². The van der Waals surface area contributed by atoms with E-state index in [1.807, 2.05) is 0 Å². The number of nitrogens with one attached hydrogen (secondary N) is 2. The number of morpholine rings is 1. The van der Waals surface area contributed by atoms with Crippen LogP contribution < -0.4 is 10.6 Å². The third kappa shape index (κ3) is 5.21. The van der Waals surface area contributed by atoms with E-state index in [4.69, 9.17) is 4.74 Å². The summed E-state index contributed by atoms with van der Waals surface area (Å²) in [5.74, 6) is 0.839. The monoisotopic (exact) mass is 311 g/mol. The van der Waals surface area contributed by atoms with Crippen LogP contribution in [0.25, 0.3) is 0 Å². The minimum absolute atomic E-state index is 0.198. The first-order valence-corrected chi connectivity index (χ1v) is 9.06. The number of nitrogens with zero attached hydrogens (tertiary/aromatic N) is 1. The molecule has 0 saturated carbocycles. The first-order chi connectivity index (χ1) is 10.7. The fourth-order valence-electron chi connectivity index (χ4n) is 3.78. The van der Waals surface area contributed by atoms with Crippen LogP contribution in [0.5, 0.6) is 0 Å². The molecule has 2 unspecified atom stereocenters. The van der Waals surface area contributed by atoms with Crippen molar-refractivity contribution in [2.75, 3.05) is 39.4 Å². The van der Waals surface area contributed by atoms with E-state index in [2.05, 4.69) is 29.4 Å². The Morgan fingerprint density at radius 1 is 1.32 bits per heavy atom. The van der Waals surface area contributed by atoms with E-state index < -0.39 is 0 Å². The molecule has 1 amide bonds. The molecule has 0 radical (unpaired) electrons. The van der Waals surface area contributed by atoms with Gasteiger partial charge in [-0.05, 0) is 25.3 Å². The summed E-state index contributed by atoms with van der Waals surface area (Å²) in [4.78, 5) is 14.7. The van der Waals surface area contributed by atoms with Gasteiger partial charge in [0.2, 0.25) is 5.91 Å². The Morgan fingerprint density at radius 2 is 2.05 bits per heavy atom. The second-order valence-electron chi connectivity index (χ2n) is 6.59. The van der Waals surface area contributed by atoms with Gasteiger partial charge in [0.25, 0.3) is 0 Å². The largest absolute Gasteiger partial charge is 0.379 e. The zero-order valence-electron chi connectivity index (χ0n) is 14.3. The van der Waals surface area contributed by atoms with Crippen LogP contribution >= 0.6 is 0 Å². The third-order valence-corrected chi connectivity index (χ3v) is 5.21. The van der Waals surface area contributed by atoms with E-state index in [9.17, 15) is 4.79 Å². The molecule has 0 aromatic heterocycles. The number of amides is 1. The molecule has 0 aromatic carbocycles. The molecule has 0 aliphatic carbocycles. The Bertz CT molecular complexity index is 322. The van der Waals surface area contributed by atoms with Gasteiger partial charge in [-0.25, -0.2) is 0 Å². The zero-order valence-corrected chi connectivity index (χ0v) is 14.3. The van der Waals surface area contributed by atoms with Crippen LogP contribution in [0.1, 0.15) is 46.0 Å². The minimum Gasteiger partial charge on any atom is -0.379 e. The molecule has 0 bridgehead atoms. The van der Waals surface area contributed by atoms with Crippen molar-refractivity contribution in [3.05, 3.63) is 0 Å². The maximum absolute atomic E-state index is 12.2. The van der Waals surface area contributed by atoms with Crippen molar-refractivity contribution in [2.45, 2.75) is 58.0 Å². The molecule has 2 atom stereocenters. The van der Waals surface area contributed by atoms with Crippen LogP contribution in [0.15, 0.2) is 0 Å². The van der Waals surface area contributed by atoms with Gasteiger partial charge in [0.1, 0.15) is 0 Å². The van der Waals surface area contributed by atoms with Crippen molar-refractivity contribution in [1.29, 1.82) is 0 Å². The molecule has 0 spiro atoms. The normalized spacial score (nSPS) is 24.6. The molecule has 2 saturated heterocycles. The third-order valence-electron chi connectivity index (χ3n) is 5.21. The molecule has 0 aromatic rings. The Hall–Kier alpha value is -0.650. The summed E-state index contributed by atoms with van der Waals surface area (Å²) < 4.78 is 5.47. The van der Waals surface area contributed by atoms with Crippen molar-refractivity contribution in [1.82, 2.24) is 15.5 Å². The Labute approximate surface area is 135 Å². The predicted molar refractivity (Wildman–Crippen MR) is 88.9 cm³/mol. The van der Waals surface area contributed by atoms with Gasteiger partial charge in [0.05, 0.1) is 13.2 Å². The Morgan fingerprint density at radius 3 is 2.64 bits per heavy atom. The van der Waals surface area contributed by atoms with Gasteiger partial charge < -0.3 is 15.4 Å². The summed E-state index contributed by atoms with van der Waals surface area (Å²) in [6, 6.07) is 0.828. The van der Waals surface area contributed by atoms with Crippen LogP contribution in [0, 0.1) is 5.92 Å². The highest BCUT2D eigenvalue weighted by Gasteiger charge is 2.27. The summed E-state index contributed by atoms with van der Waals surface area (Å²) in [5, 5.41) is 6.59. The van der Waals surface area contributed by atoms with Crippen molar-refractivity contribution in [3.8, 4) is 0 Å². The average Bonchev–Trinajstić information content (AvgIpc) is 3.05. The summed E-state index contributed by atoms with van der Waals surface area (Å²) >= 11 is 0. The van der Waals surface area contributed by atoms with E-state index in [-0.39, 0.29) is 5.91 Å². The molecule has 2 N–H and O–H groups in total. The summed E-state index contributed by atoms with van der Waals surface area (Å²) in [6.07, 6.45) is 5.28. The topological polar surface area (TPSA) is 53.6 Å². The smallest absolute Gasteiger partial charge is 0.221 e. The molecule has 5 nitrogen and oxygen atoms in total. The summed E-state index contributed by atoms with van der Waals surface area (Å²) in [7, 11) is 0. The van der Waals surface area contributed by atoms with Crippen LogP contribution in [0.4, 0.5) is 0 Å². The van der Waals surface area contributed by atoms with E-state index in [0.717, 1.165) is 45.8 Å². The summed E-state index contributed by atoms with van der Waals surface area (Å²) in [5.41, 5.74) is 0. The maximum atomic E-state index is 12.2. The highest BCUT2D eigenvalue weighted by molar-refractivity contribution is 5.76. The van der Waals surface area contributed by atoms with Gasteiger partial charge in [-0.1, -0.05) is 26.7 Å². The molecule has 5 heteroatoms. The van der Waals surface area contributed by atoms with Crippen LogP contribution in [0.3, 0.4) is 0 Å². The molecular weight excluding hydrogens is 278 g/mol. The first kappa shape index (κ1) is 17.7. The SMILES string of the molecule is CCC(CC)C(CNC(=O)CC1CCCN1)N1CCOCC1. The van der Waals surface area contributed by atoms with Crippen LogP contribution in [-0.4, -0.2) is 62.3 Å². The fourth-order valence-corrected chi connectivity index (χ4v) is 3.78. The van der Waals surface area contributed by atoms with E-state index >= 15 is 0 Å². The number of hydrogen-bond acceptors (Lipinski definition) is 4. The average molecular weight is 311 g/mol. The molecule has 2 rings (SSSR count). The molecular formula is C17H33N3O2. The first-order valence-electron chi connectivity index (χ1n) is 9.06. The van der Waals surface area contributed by atoms with E-state index in [0.29, 0.717) is 24.4 Å². The predicted octanol–water partition coefficient (Wildman–Crippen LogP) is 1.38. The Balaban J connectivity index is 1.83. The second-order valence-corrected chi connectivity index (χ2v) is 6.59. The minimum atomic E-state index is 0.198. The van der Waals surface area contributed by atoms with Crippen molar-refractivity contribution >= 4 is 5.91 Å². The van der Waals surface area contributed by atoms with Gasteiger partial charge in [-0.3, -0.25) is 9.69 Å². The zero-order chi connectivity index (χ0) is 15.8.